The molecule has 0 aliphatic heterocycles. The molecule has 1 N–H and O–H groups in total. The summed E-state index contributed by atoms with van der Waals surface area (Å²) in [6.07, 6.45) is 0.640. The van der Waals surface area contributed by atoms with Gasteiger partial charge in [-0.3, -0.25) is 4.79 Å². The Kier molecular flexibility index (Phi) is 6.83. The second-order valence-electron chi connectivity index (χ2n) is 6.02. The zero-order valence-electron chi connectivity index (χ0n) is 15.8. The lowest BCUT2D eigenvalue weighted by atomic mass is 10.1. The van der Waals surface area contributed by atoms with Crippen molar-refractivity contribution in [2.24, 2.45) is 0 Å². The molecule has 1 amide bonds. The number of hydrogen-bond donors (Lipinski definition) is 1. The fourth-order valence-corrected chi connectivity index (χ4v) is 3.00. The van der Waals surface area contributed by atoms with Crippen molar-refractivity contribution in [1.82, 2.24) is 9.88 Å². The number of esters is 1. The Hall–Kier alpha value is -2.76. The monoisotopic (exact) mass is 358 g/mol. The molecule has 0 unspecified atom stereocenters. The van der Waals surface area contributed by atoms with Crippen LogP contribution in [0.3, 0.4) is 0 Å². The summed E-state index contributed by atoms with van der Waals surface area (Å²) in [6.45, 7) is 6.78. The number of rotatable bonds is 8. The number of carbonyl (C=O) groups is 2. The number of para-hydroxylation sites is 1. The summed E-state index contributed by atoms with van der Waals surface area (Å²) in [7, 11) is 1.62. The van der Waals surface area contributed by atoms with Crippen molar-refractivity contribution < 1.29 is 19.1 Å². The van der Waals surface area contributed by atoms with E-state index in [4.69, 9.17) is 9.47 Å². The number of amides is 1. The number of aryl methyl sites for hydroxylation is 1. The fraction of sp³-hybridized carbons (Fsp3) is 0.400. The molecule has 0 saturated heterocycles. The topological polar surface area (TPSA) is 69.6 Å². The Labute approximate surface area is 154 Å². The maximum absolute atomic E-state index is 12.2. The van der Waals surface area contributed by atoms with Crippen molar-refractivity contribution >= 4 is 11.9 Å². The van der Waals surface area contributed by atoms with Gasteiger partial charge in [-0.05, 0) is 44.9 Å². The third-order valence-electron chi connectivity index (χ3n) is 4.35. The fourth-order valence-electron chi connectivity index (χ4n) is 3.00. The van der Waals surface area contributed by atoms with Crippen molar-refractivity contribution in [3.05, 3.63) is 52.8 Å². The lowest BCUT2D eigenvalue weighted by Gasteiger charge is -2.09. The van der Waals surface area contributed by atoms with Crippen LogP contribution >= 0.6 is 0 Å². The number of ether oxygens (including phenoxy) is 2. The molecule has 0 atom stereocenters. The number of benzene rings is 1. The first kappa shape index (κ1) is 19.6. The second kappa shape index (κ2) is 9.08. The number of hydrogen-bond acceptors (Lipinski definition) is 4. The smallest absolute Gasteiger partial charge is 0.340 e. The van der Waals surface area contributed by atoms with Gasteiger partial charge in [0, 0.05) is 24.5 Å². The first-order chi connectivity index (χ1) is 12.5. The predicted molar refractivity (Wildman–Crippen MR) is 99.6 cm³/mol. The van der Waals surface area contributed by atoms with Gasteiger partial charge in [0.1, 0.15) is 5.75 Å². The van der Waals surface area contributed by atoms with E-state index in [0.717, 1.165) is 29.2 Å². The Bertz CT molecular complexity index is 780. The van der Waals surface area contributed by atoms with Gasteiger partial charge in [-0.15, -0.1) is 0 Å². The lowest BCUT2D eigenvalue weighted by Crippen LogP contribution is -2.30. The summed E-state index contributed by atoms with van der Waals surface area (Å²) in [5, 5.41) is 2.75. The van der Waals surface area contributed by atoms with Gasteiger partial charge in [0.15, 0.2) is 6.61 Å². The molecule has 0 spiro atoms. The van der Waals surface area contributed by atoms with Crippen molar-refractivity contribution in [2.45, 2.75) is 33.7 Å². The Balaban J connectivity index is 1.81. The second-order valence-corrected chi connectivity index (χ2v) is 6.02. The zero-order valence-corrected chi connectivity index (χ0v) is 15.8. The Morgan fingerprint density at radius 3 is 2.58 bits per heavy atom. The summed E-state index contributed by atoms with van der Waals surface area (Å²) >= 11 is 0. The summed E-state index contributed by atoms with van der Waals surface area (Å²) in [5.41, 5.74) is 3.37. The summed E-state index contributed by atoms with van der Waals surface area (Å²) in [5.74, 6) is -0.00492. The minimum Gasteiger partial charge on any atom is -0.496 e. The number of methoxy groups -OCH3 is 1. The molecular formula is C20H26N2O4. The van der Waals surface area contributed by atoms with Crippen LogP contribution in [0.5, 0.6) is 5.75 Å². The first-order valence-corrected chi connectivity index (χ1v) is 8.70. The molecule has 0 radical (unpaired) electrons. The molecule has 140 valence electrons. The van der Waals surface area contributed by atoms with Gasteiger partial charge >= 0.3 is 5.97 Å². The quantitative estimate of drug-likeness (QED) is 0.737. The Morgan fingerprint density at radius 2 is 1.92 bits per heavy atom. The minimum absolute atomic E-state index is 0.291. The third kappa shape index (κ3) is 4.65. The van der Waals surface area contributed by atoms with Crippen LogP contribution in [0.15, 0.2) is 30.3 Å². The highest BCUT2D eigenvalue weighted by molar-refractivity contribution is 5.92. The highest BCUT2D eigenvalue weighted by Gasteiger charge is 2.17. The SMILES string of the molecule is CCn1c(C)cc(C(=O)OCC(=O)NCCc2ccccc2OC)c1C. The molecule has 1 heterocycles. The standard InChI is InChI=1S/C20H26N2O4/c1-5-22-14(2)12-17(15(22)3)20(24)26-13-19(23)21-11-10-16-8-6-7-9-18(16)25-4/h6-9,12H,5,10-11,13H2,1-4H3,(H,21,23). The van der Waals surface area contributed by atoms with Crippen LogP contribution < -0.4 is 10.1 Å². The molecule has 2 rings (SSSR count). The van der Waals surface area contributed by atoms with Gasteiger partial charge in [0.25, 0.3) is 5.91 Å². The third-order valence-corrected chi connectivity index (χ3v) is 4.35. The van der Waals surface area contributed by atoms with Gasteiger partial charge in [-0.1, -0.05) is 18.2 Å². The summed E-state index contributed by atoms with van der Waals surface area (Å²) in [6, 6.07) is 9.45. The molecule has 1 aromatic carbocycles. The van der Waals surface area contributed by atoms with Crippen LogP contribution in [-0.4, -0.2) is 36.7 Å². The molecular weight excluding hydrogens is 332 g/mol. The number of carbonyl (C=O) groups excluding carboxylic acids is 2. The van der Waals surface area contributed by atoms with E-state index in [1.165, 1.54) is 0 Å². The maximum Gasteiger partial charge on any atom is 0.340 e. The van der Waals surface area contributed by atoms with Gasteiger partial charge in [0.05, 0.1) is 12.7 Å². The molecule has 0 aliphatic carbocycles. The first-order valence-electron chi connectivity index (χ1n) is 8.70. The van der Waals surface area contributed by atoms with E-state index in [1.54, 1.807) is 13.2 Å². The number of aromatic nitrogens is 1. The van der Waals surface area contributed by atoms with Crippen LogP contribution in [0.2, 0.25) is 0 Å². The highest BCUT2D eigenvalue weighted by atomic mass is 16.5. The van der Waals surface area contributed by atoms with Crippen LogP contribution in [0.1, 0.15) is 34.2 Å². The van der Waals surface area contributed by atoms with Crippen molar-refractivity contribution in [3.63, 3.8) is 0 Å². The van der Waals surface area contributed by atoms with Crippen molar-refractivity contribution in [3.8, 4) is 5.75 Å². The average Bonchev–Trinajstić information content (AvgIpc) is 2.93. The summed E-state index contributed by atoms with van der Waals surface area (Å²) in [4.78, 5) is 24.1. The van der Waals surface area contributed by atoms with Gasteiger partial charge in [-0.2, -0.15) is 0 Å². The molecule has 0 bridgehead atoms. The number of nitrogens with zero attached hydrogens (tertiary/aromatic N) is 1. The van der Waals surface area contributed by atoms with Gasteiger partial charge in [0.2, 0.25) is 0 Å². The molecule has 2 aromatic rings. The van der Waals surface area contributed by atoms with E-state index in [1.807, 2.05) is 49.6 Å². The average molecular weight is 358 g/mol. The van der Waals surface area contributed by atoms with Gasteiger partial charge < -0.3 is 19.4 Å². The zero-order chi connectivity index (χ0) is 19.1. The molecule has 1 aromatic heterocycles. The lowest BCUT2D eigenvalue weighted by molar-refractivity contribution is -0.124. The van der Waals surface area contributed by atoms with Gasteiger partial charge in [-0.25, -0.2) is 4.79 Å². The van der Waals surface area contributed by atoms with Crippen molar-refractivity contribution in [2.75, 3.05) is 20.3 Å². The predicted octanol–water partition coefficient (Wildman–Crippen LogP) is 2.65. The van der Waals surface area contributed by atoms with Crippen LogP contribution in [0.25, 0.3) is 0 Å². The molecule has 26 heavy (non-hydrogen) atoms. The van der Waals surface area contributed by atoms with E-state index in [9.17, 15) is 9.59 Å². The molecule has 0 saturated carbocycles. The van der Waals surface area contributed by atoms with E-state index in [0.29, 0.717) is 18.5 Å². The van der Waals surface area contributed by atoms with Crippen LogP contribution in [0.4, 0.5) is 0 Å². The highest BCUT2D eigenvalue weighted by Crippen LogP contribution is 2.17. The maximum atomic E-state index is 12.2. The Morgan fingerprint density at radius 1 is 1.19 bits per heavy atom. The van der Waals surface area contributed by atoms with E-state index < -0.39 is 5.97 Å². The largest absolute Gasteiger partial charge is 0.496 e. The van der Waals surface area contributed by atoms with E-state index in [2.05, 4.69) is 5.32 Å². The molecule has 6 heteroatoms. The van der Waals surface area contributed by atoms with E-state index >= 15 is 0 Å². The normalized spacial score (nSPS) is 10.5. The molecule has 0 fully saturated rings. The minimum atomic E-state index is -0.474. The van der Waals surface area contributed by atoms with Crippen molar-refractivity contribution in [1.29, 1.82) is 0 Å². The van der Waals surface area contributed by atoms with E-state index in [-0.39, 0.29) is 12.5 Å². The molecule has 0 aliphatic rings. The number of nitrogens with one attached hydrogen (secondary N) is 1. The van der Waals surface area contributed by atoms with Crippen LogP contribution in [-0.2, 0) is 22.5 Å². The van der Waals surface area contributed by atoms with Crippen LogP contribution in [0, 0.1) is 13.8 Å². The summed E-state index contributed by atoms with van der Waals surface area (Å²) < 4.78 is 12.5. The molecule has 6 nitrogen and oxygen atoms in total.